The zero-order chi connectivity index (χ0) is 21.6. The van der Waals surface area contributed by atoms with E-state index in [4.69, 9.17) is 0 Å². The van der Waals surface area contributed by atoms with Gasteiger partial charge in [-0.25, -0.2) is 8.78 Å². The number of amides is 4. The molecule has 4 amide bonds. The van der Waals surface area contributed by atoms with Crippen LogP contribution in [0.15, 0.2) is 36.4 Å². The summed E-state index contributed by atoms with van der Waals surface area (Å²) in [5.41, 5.74) is 1.32. The maximum atomic E-state index is 13.5. The summed E-state index contributed by atoms with van der Waals surface area (Å²) in [6.07, 6.45) is 0.397. The maximum absolute atomic E-state index is 13.5. The molecule has 1 atom stereocenters. The number of nitrogens with zero attached hydrogens (tertiary/aromatic N) is 2. The zero-order valence-electron chi connectivity index (χ0n) is 15.9. The summed E-state index contributed by atoms with van der Waals surface area (Å²) in [5, 5.41) is 2.23. The van der Waals surface area contributed by atoms with Crippen molar-refractivity contribution in [1.82, 2.24) is 10.2 Å². The van der Waals surface area contributed by atoms with Crippen LogP contribution in [0.4, 0.5) is 14.5 Å². The third-order valence-corrected chi connectivity index (χ3v) is 5.37. The van der Waals surface area contributed by atoms with Crippen molar-refractivity contribution in [3.8, 4) is 0 Å². The van der Waals surface area contributed by atoms with Gasteiger partial charge >= 0.3 is 0 Å². The fourth-order valence-corrected chi connectivity index (χ4v) is 3.69. The summed E-state index contributed by atoms with van der Waals surface area (Å²) in [4.78, 5) is 51.7. The third kappa shape index (κ3) is 3.32. The molecule has 0 spiro atoms. The Kier molecular flexibility index (Phi) is 4.81. The Hall–Kier alpha value is -3.62. The molecule has 1 unspecified atom stereocenters. The van der Waals surface area contributed by atoms with Gasteiger partial charge in [-0.15, -0.1) is 0 Å². The first-order chi connectivity index (χ1) is 14.3. The number of rotatable bonds is 3. The quantitative estimate of drug-likeness (QED) is 0.780. The van der Waals surface area contributed by atoms with E-state index in [1.54, 1.807) is 12.1 Å². The highest BCUT2D eigenvalue weighted by molar-refractivity contribution is 6.09. The van der Waals surface area contributed by atoms with Gasteiger partial charge in [0.15, 0.2) is 11.6 Å². The fourth-order valence-electron chi connectivity index (χ4n) is 3.69. The number of anilines is 1. The topological polar surface area (TPSA) is 86.8 Å². The van der Waals surface area contributed by atoms with Crippen molar-refractivity contribution in [2.45, 2.75) is 25.4 Å². The minimum Gasteiger partial charge on any atom is -0.322 e. The lowest BCUT2D eigenvalue weighted by Gasteiger charge is -2.29. The van der Waals surface area contributed by atoms with E-state index in [0.717, 1.165) is 17.0 Å². The zero-order valence-corrected chi connectivity index (χ0v) is 15.9. The van der Waals surface area contributed by atoms with Crippen molar-refractivity contribution in [3.05, 3.63) is 64.7 Å². The van der Waals surface area contributed by atoms with Gasteiger partial charge in [0.05, 0.1) is 0 Å². The first-order valence-electron chi connectivity index (χ1n) is 9.27. The van der Waals surface area contributed by atoms with Crippen molar-refractivity contribution in [2.24, 2.45) is 0 Å². The van der Waals surface area contributed by atoms with Crippen molar-refractivity contribution in [3.63, 3.8) is 0 Å². The predicted molar refractivity (Wildman–Crippen MR) is 102 cm³/mol. The molecule has 0 aliphatic carbocycles. The molecule has 2 aromatic carbocycles. The van der Waals surface area contributed by atoms with Crippen LogP contribution in [0.3, 0.4) is 0 Å². The monoisotopic (exact) mass is 413 g/mol. The lowest BCUT2D eigenvalue weighted by atomic mass is 10.0. The van der Waals surface area contributed by atoms with Gasteiger partial charge in [0.25, 0.3) is 11.8 Å². The van der Waals surface area contributed by atoms with Crippen molar-refractivity contribution in [2.75, 3.05) is 11.9 Å². The number of hydrogen-bond acceptors (Lipinski definition) is 4. The summed E-state index contributed by atoms with van der Waals surface area (Å²) in [5.74, 6) is -3.87. The van der Waals surface area contributed by atoms with E-state index in [9.17, 15) is 28.0 Å². The summed E-state index contributed by atoms with van der Waals surface area (Å²) >= 11 is 0. The van der Waals surface area contributed by atoms with Crippen LogP contribution in [0.2, 0.25) is 0 Å². The SMILES string of the molecule is CN(C(=O)c1ccc2c(c1)C(=O)N(C1CCC(=O)NC1=O)C2)c1ccc(F)c(F)c1. The number of piperidine rings is 1. The molecule has 0 bridgehead atoms. The molecule has 1 fully saturated rings. The Labute approximate surface area is 170 Å². The number of hydrogen-bond donors (Lipinski definition) is 1. The van der Waals surface area contributed by atoms with Gasteiger partial charge in [0.1, 0.15) is 6.04 Å². The van der Waals surface area contributed by atoms with Crippen LogP contribution >= 0.6 is 0 Å². The van der Waals surface area contributed by atoms with E-state index < -0.39 is 35.4 Å². The predicted octanol–water partition coefficient (Wildman–Crippen LogP) is 2.00. The highest BCUT2D eigenvalue weighted by Gasteiger charge is 2.39. The second-order valence-corrected chi connectivity index (χ2v) is 7.23. The molecule has 1 N–H and O–H groups in total. The van der Waals surface area contributed by atoms with Gasteiger partial charge < -0.3 is 9.80 Å². The van der Waals surface area contributed by atoms with Gasteiger partial charge in [-0.2, -0.15) is 0 Å². The molecule has 0 aromatic heterocycles. The summed E-state index contributed by atoms with van der Waals surface area (Å²) in [6.45, 7) is 0.202. The fraction of sp³-hybridized carbons (Fsp3) is 0.238. The number of carbonyl (C=O) groups is 4. The average molecular weight is 413 g/mol. The number of nitrogens with one attached hydrogen (secondary N) is 1. The number of benzene rings is 2. The van der Waals surface area contributed by atoms with Crippen LogP contribution in [0.25, 0.3) is 0 Å². The van der Waals surface area contributed by atoms with E-state index in [1.165, 1.54) is 24.1 Å². The minimum atomic E-state index is -1.07. The molecule has 7 nitrogen and oxygen atoms in total. The summed E-state index contributed by atoms with van der Waals surface area (Å²) in [7, 11) is 1.42. The third-order valence-electron chi connectivity index (χ3n) is 5.37. The molecular formula is C21H17F2N3O4. The summed E-state index contributed by atoms with van der Waals surface area (Å²) in [6, 6.07) is 6.98. The van der Waals surface area contributed by atoms with E-state index in [-0.39, 0.29) is 36.5 Å². The van der Waals surface area contributed by atoms with Crippen LogP contribution in [0, 0.1) is 11.6 Å². The highest BCUT2D eigenvalue weighted by atomic mass is 19.2. The van der Waals surface area contributed by atoms with Crippen LogP contribution in [0.5, 0.6) is 0 Å². The first-order valence-corrected chi connectivity index (χ1v) is 9.27. The molecule has 2 aromatic rings. The second-order valence-electron chi connectivity index (χ2n) is 7.23. The molecule has 0 radical (unpaired) electrons. The molecule has 2 heterocycles. The molecule has 30 heavy (non-hydrogen) atoms. The highest BCUT2D eigenvalue weighted by Crippen LogP contribution is 2.29. The average Bonchev–Trinajstić information content (AvgIpc) is 3.05. The molecular weight excluding hydrogens is 396 g/mol. The van der Waals surface area contributed by atoms with Crippen LogP contribution in [-0.4, -0.2) is 41.6 Å². The summed E-state index contributed by atoms with van der Waals surface area (Å²) < 4.78 is 26.6. The Balaban J connectivity index is 1.57. The second kappa shape index (κ2) is 7.33. The van der Waals surface area contributed by atoms with Crippen LogP contribution in [0.1, 0.15) is 39.1 Å². The van der Waals surface area contributed by atoms with E-state index in [0.29, 0.717) is 11.1 Å². The Morgan fingerprint density at radius 1 is 1.10 bits per heavy atom. The molecule has 2 aliphatic heterocycles. The number of imide groups is 1. The van der Waals surface area contributed by atoms with E-state index in [1.807, 2.05) is 0 Å². The molecule has 2 aliphatic rings. The lowest BCUT2D eigenvalue weighted by Crippen LogP contribution is -2.52. The van der Waals surface area contributed by atoms with Gasteiger partial charge in [0.2, 0.25) is 11.8 Å². The van der Waals surface area contributed by atoms with Gasteiger partial charge in [-0.1, -0.05) is 6.07 Å². The van der Waals surface area contributed by atoms with Gasteiger partial charge in [-0.05, 0) is 36.2 Å². The smallest absolute Gasteiger partial charge is 0.258 e. The lowest BCUT2D eigenvalue weighted by molar-refractivity contribution is -0.136. The minimum absolute atomic E-state index is 0.152. The van der Waals surface area contributed by atoms with Crippen molar-refractivity contribution >= 4 is 29.3 Å². The van der Waals surface area contributed by atoms with Crippen LogP contribution in [-0.2, 0) is 16.1 Å². The largest absolute Gasteiger partial charge is 0.322 e. The normalized spacial score (nSPS) is 18.3. The molecule has 9 heteroatoms. The maximum Gasteiger partial charge on any atom is 0.258 e. The Morgan fingerprint density at radius 3 is 2.57 bits per heavy atom. The Morgan fingerprint density at radius 2 is 1.87 bits per heavy atom. The number of carbonyl (C=O) groups excluding carboxylic acids is 4. The Bertz CT molecular complexity index is 1100. The number of halogens is 2. The molecule has 0 saturated carbocycles. The van der Waals surface area contributed by atoms with Crippen LogP contribution < -0.4 is 10.2 Å². The van der Waals surface area contributed by atoms with E-state index in [2.05, 4.69) is 5.32 Å². The van der Waals surface area contributed by atoms with Gasteiger partial charge in [-0.3, -0.25) is 24.5 Å². The molecule has 4 rings (SSSR count). The number of fused-ring (bicyclic) bond motifs is 1. The molecule has 154 valence electrons. The van der Waals surface area contributed by atoms with Crippen molar-refractivity contribution in [1.29, 1.82) is 0 Å². The van der Waals surface area contributed by atoms with Crippen molar-refractivity contribution < 1.29 is 28.0 Å². The standard InChI is InChI=1S/C21H17F2N3O4/c1-25(13-4-5-15(22)16(23)9-13)20(29)11-2-3-12-10-26(21(30)14(12)8-11)17-6-7-18(27)24-19(17)28/h2-5,8-9,17H,6-7,10H2,1H3,(H,24,27,28). The molecule has 1 saturated heterocycles. The van der Waals surface area contributed by atoms with Gasteiger partial charge in [0, 0.05) is 42.9 Å². The first kappa shape index (κ1) is 19.7. The van der Waals surface area contributed by atoms with E-state index >= 15 is 0 Å².